The van der Waals surface area contributed by atoms with Crippen molar-refractivity contribution in [1.29, 1.82) is 0 Å². The van der Waals surface area contributed by atoms with Crippen LogP contribution < -0.4 is 0 Å². The predicted molar refractivity (Wildman–Crippen MR) is 49.4 cm³/mol. The average molecular weight is 193 g/mol. The Morgan fingerprint density at radius 2 is 1.71 bits per heavy atom. The Hall–Kier alpha value is -2.17. The standard InChI is InChI=1S/C9H7NO4/c11-8(7(10-14)9(12)13)6-4-2-1-3-5-6/h1-5,11H,(H,12,13). The summed E-state index contributed by atoms with van der Waals surface area (Å²) in [6.45, 7) is 0. The summed E-state index contributed by atoms with van der Waals surface area (Å²) >= 11 is 0. The molecule has 2 N–H and O–H groups in total. The van der Waals surface area contributed by atoms with Crippen LogP contribution in [0.3, 0.4) is 0 Å². The first-order chi connectivity index (χ1) is 6.66. The number of carboxylic acid groups (broad SMARTS) is 1. The lowest BCUT2D eigenvalue weighted by atomic mass is 10.1. The lowest BCUT2D eigenvalue weighted by Gasteiger charge is -1.99. The first-order valence-corrected chi connectivity index (χ1v) is 3.72. The zero-order valence-electron chi connectivity index (χ0n) is 7.04. The second-order valence-electron chi connectivity index (χ2n) is 2.46. The van der Waals surface area contributed by atoms with Gasteiger partial charge in [0.05, 0.1) is 0 Å². The van der Waals surface area contributed by atoms with Crippen molar-refractivity contribution in [3.8, 4) is 0 Å². The Bertz CT molecular complexity index is 383. The summed E-state index contributed by atoms with van der Waals surface area (Å²) in [5.41, 5.74) is -0.652. The zero-order chi connectivity index (χ0) is 10.6. The maximum absolute atomic E-state index is 10.4. The Labute approximate surface area is 79.3 Å². The highest BCUT2D eigenvalue weighted by Crippen LogP contribution is 2.16. The molecule has 5 nitrogen and oxygen atoms in total. The molecule has 0 heterocycles. The molecular formula is C9H7NO4. The molecule has 0 fully saturated rings. The molecule has 0 saturated heterocycles. The summed E-state index contributed by atoms with van der Waals surface area (Å²) in [7, 11) is 0. The van der Waals surface area contributed by atoms with Crippen LogP contribution in [-0.4, -0.2) is 16.2 Å². The third kappa shape index (κ3) is 1.95. The fourth-order valence-electron chi connectivity index (χ4n) is 0.916. The molecule has 5 heteroatoms. The van der Waals surface area contributed by atoms with Crippen LogP contribution in [0.2, 0.25) is 0 Å². The fourth-order valence-corrected chi connectivity index (χ4v) is 0.916. The lowest BCUT2D eigenvalue weighted by molar-refractivity contribution is -0.132. The third-order valence-corrected chi connectivity index (χ3v) is 1.57. The number of nitroso groups, excluding NO2 is 1. The third-order valence-electron chi connectivity index (χ3n) is 1.57. The fraction of sp³-hybridized carbons (Fsp3) is 0. The van der Waals surface area contributed by atoms with Crippen molar-refractivity contribution in [3.63, 3.8) is 0 Å². The molecule has 0 aliphatic carbocycles. The maximum atomic E-state index is 10.4. The van der Waals surface area contributed by atoms with Crippen molar-refractivity contribution in [2.45, 2.75) is 0 Å². The van der Waals surface area contributed by atoms with Gasteiger partial charge in [0.1, 0.15) is 0 Å². The van der Waals surface area contributed by atoms with E-state index >= 15 is 0 Å². The molecule has 0 amide bonds. The van der Waals surface area contributed by atoms with Crippen molar-refractivity contribution in [1.82, 2.24) is 0 Å². The minimum Gasteiger partial charge on any atom is -0.505 e. The molecule has 0 bridgehead atoms. The van der Waals surface area contributed by atoms with Gasteiger partial charge in [0.15, 0.2) is 5.76 Å². The number of hydrogen-bond acceptors (Lipinski definition) is 4. The van der Waals surface area contributed by atoms with E-state index in [1.165, 1.54) is 12.1 Å². The quantitative estimate of drug-likeness (QED) is 0.435. The molecule has 14 heavy (non-hydrogen) atoms. The molecule has 0 atom stereocenters. The number of nitrogens with zero attached hydrogens (tertiary/aromatic N) is 1. The summed E-state index contributed by atoms with van der Waals surface area (Å²) in [5, 5.41) is 20.1. The molecule has 0 aromatic heterocycles. The topological polar surface area (TPSA) is 87.0 Å². The first-order valence-electron chi connectivity index (χ1n) is 3.72. The number of benzene rings is 1. The molecule has 0 spiro atoms. The number of carboxylic acids is 1. The molecule has 1 rings (SSSR count). The molecule has 0 radical (unpaired) electrons. The van der Waals surface area contributed by atoms with Crippen LogP contribution in [0.1, 0.15) is 5.56 Å². The van der Waals surface area contributed by atoms with Crippen LogP contribution in [0.15, 0.2) is 41.2 Å². The van der Waals surface area contributed by atoms with E-state index in [1.54, 1.807) is 18.2 Å². The van der Waals surface area contributed by atoms with E-state index in [0.29, 0.717) is 0 Å². The highest BCUT2D eigenvalue weighted by atomic mass is 16.4. The number of rotatable bonds is 3. The first kappa shape index (κ1) is 9.91. The number of carbonyl (C=O) groups is 1. The minimum absolute atomic E-state index is 0.240. The lowest BCUT2D eigenvalue weighted by Crippen LogP contribution is -2.01. The highest BCUT2D eigenvalue weighted by Gasteiger charge is 2.15. The second kappa shape index (κ2) is 4.18. The normalized spacial score (nSPS) is 11.7. The van der Waals surface area contributed by atoms with E-state index in [4.69, 9.17) is 5.11 Å². The molecular weight excluding hydrogens is 186 g/mol. The summed E-state index contributed by atoms with van der Waals surface area (Å²) in [5.74, 6) is -2.19. The van der Waals surface area contributed by atoms with Gasteiger partial charge in [-0.15, -0.1) is 4.91 Å². The van der Waals surface area contributed by atoms with Crippen molar-refractivity contribution in [2.75, 3.05) is 0 Å². The van der Waals surface area contributed by atoms with E-state index in [2.05, 4.69) is 5.18 Å². The summed E-state index contributed by atoms with van der Waals surface area (Å²) in [6.07, 6.45) is 0. The number of aliphatic hydroxyl groups is 1. The monoisotopic (exact) mass is 193 g/mol. The van der Waals surface area contributed by atoms with E-state index in [9.17, 15) is 14.8 Å². The Kier molecular flexibility index (Phi) is 2.96. The van der Waals surface area contributed by atoms with Gasteiger partial charge >= 0.3 is 5.97 Å². The molecule has 0 unspecified atom stereocenters. The summed E-state index contributed by atoms with van der Waals surface area (Å²) < 4.78 is 0. The van der Waals surface area contributed by atoms with Crippen LogP contribution >= 0.6 is 0 Å². The molecule has 72 valence electrons. The Balaban J connectivity index is 3.21. The Morgan fingerprint density at radius 3 is 2.14 bits per heavy atom. The number of aliphatic hydroxyl groups excluding tert-OH is 1. The van der Waals surface area contributed by atoms with Gasteiger partial charge in [0, 0.05) is 5.56 Å². The van der Waals surface area contributed by atoms with Gasteiger partial charge in [-0.25, -0.2) is 4.79 Å². The highest BCUT2D eigenvalue weighted by molar-refractivity contribution is 5.94. The molecule has 1 aromatic carbocycles. The van der Waals surface area contributed by atoms with Gasteiger partial charge in [-0.3, -0.25) is 0 Å². The number of hydrogen-bond donors (Lipinski definition) is 2. The van der Waals surface area contributed by atoms with Gasteiger partial charge in [-0.1, -0.05) is 30.3 Å². The Morgan fingerprint density at radius 1 is 1.14 bits per heavy atom. The second-order valence-corrected chi connectivity index (χ2v) is 2.46. The van der Waals surface area contributed by atoms with Gasteiger partial charge in [-0.2, -0.15) is 0 Å². The van der Waals surface area contributed by atoms with Crippen molar-refractivity contribution in [2.24, 2.45) is 5.18 Å². The van der Waals surface area contributed by atoms with Gasteiger partial charge in [0.25, 0.3) is 0 Å². The average Bonchev–Trinajstić information content (AvgIpc) is 2.19. The van der Waals surface area contributed by atoms with E-state index in [0.717, 1.165) is 0 Å². The molecule has 0 saturated carbocycles. The van der Waals surface area contributed by atoms with Gasteiger partial charge < -0.3 is 10.2 Å². The van der Waals surface area contributed by atoms with Gasteiger partial charge in [0.2, 0.25) is 5.70 Å². The van der Waals surface area contributed by atoms with Crippen LogP contribution in [0.4, 0.5) is 0 Å². The predicted octanol–water partition coefficient (Wildman–Crippen LogP) is 1.76. The number of aliphatic carboxylic acids is 1. The van der Waals surface area contributed by atoms with Crippen molar-refractivity contribution in [3.05, 3.63) is 46.5 Å². The molecule has 0 aliphatic rings. The van der Waals surface area contributed by atoms with Crippen molar-refractivity contribution >= 4 is 11.7 Å². The minimum atomic E-state index is -1.55. The van der Waals surface area contributed by atoms with E-state index in [-0.39, 0.29) is 5.56 Å². The van der Waals surface area contributed by atoms with E-state index < -0.39 is 17.4 Å². The van der Waals surface area contributed by atoms with Crippen molar-refractivity contribution < 1.29 is 15.0 Å². The van der Waals surface area contributed by atoms with Crippen LogP contribution in [0.5, 0.6) is 0 Å². The molecule has 0 aliphatic heterocycles. The van der Waals surface area contributed by atoms with Gasteiger partial charge in [-0.05, 0) is 5.18 Å². The smallest absolute Gasteiger partial charge is 0.362 e. The SMILES string of the molecule is O=NC(C(=O)O)=C(O)c1ccccc1. The summed E-state index contributed by atoms with van der Waals surface area (Å²) in [6, 6.07) is 7.87. The molecule has 1 aromatic rings. The largest absolute Gasteiger partial charge is 0.505 e. The van der Waals surface area contributed by atoms with Crippen LogP contribution in [0.25, 0.3) is 5.76 Å². The maximum Gasteiger partial charge on any atom is 0.362 e. The van der Waals surface area contributed by atoms with E-state index in [1.807, 2.05) is 0 Å². The summed E-state index contributed by atoms with van der Waals surface area (Å²) in [4.78, 5) is 20.5. The zero-order valence-corrected chi connectivity index (χ0v) is 7.04. The van der Waals surface area contributed by atoms with Crippen LogP contribution in [0, 0.1) is 4.91 Å². The van der Waals surface area contributed by atoms with Crippen LogP contribution in [-0.2, 0) is 4.79 Å².